The molecule has 2 spiro atoms. The van der Waals surface area contributed by atoms with Crippen molar-refractivity contribution in [2.75, 3.05) is 79.8 Å². The van der Waals surface area contributed by atoms with Gasteiger partial charge in [-0.3, -0.25) is 9.80 Å². The number of methoxy groups -OCH3 is 2. The molecule has 6 aliphatic heterocycles. The van der Waals surface area contributed by atoms with E-state index in [0.717, 1.165) is 93.3 Å². The average molecular weight is 774 g/mol. The van der Waals surface area contributed by atoms with Crippen molar-refractivity contribution in [3.8, 4) is 11.5 Å². The van der Waals surface area contributed by atoms with Gasteiger partial charge in [-0.05, 0) is 145 Å². The van der Waals surface area contributed by atoms with Crippen molar-refractivity contribution in [1.82, 2.24) is 20.0 Å². The van der Waals surface area contributed by atoms with E-state index in [0.29, 0.717) is 37.0 Å². The van der Waals surface area contributed by atoms with Gasteiger partial charge < -0.3 is 33.9 Å². The summed E-state index contributed by atoms with van der Waals surface area (Å²) in [5, 5.41) is 4.90. The number of hydrogen-bond donors (Lipinski definition) is 1. The zero-order chi connectivity index (χ0) is 37.4. The largest absolute Gasteiger partial charge is 0.496 e. The van der Waals surface area contributed by atoms with Gasteiger partial charge in [-0.15, -0.1) is 0 Å². The number of ether oxygens (including phenoxy) is 5. The molecular weight excluding hydrogens is 715 g/mol. The maximum atomic E-state index is 12.2. The minimum absolute atomic E-state index is 0.150. The average Bonchev–Trinajstić information content (AvgIpc) is 3.78. The molecule has 6 saturated heterocycles. The lowest BCUT2D eigenvalue weighted by molar-refractivity contribution is -0.109. The maximum absolute atomic E-state index is 12.2. The molecule has 0 aliphatic carbocycles. The molecule has 1 N–H and O–H groups in total. The molecule has 0 unspecified atom stereocenters. The van der Waals surface area contributed by atoms with Crippen LogP contribution in [0, 0.1) is 0 Å². The normalized spacial score (nSPS) is 26.1. The fraction of sp³-hybridized carbons (Fsp3) is 0.683. The fourth-order valence-corrected chi connectivity index (χ4v) is 9.65. The third-order valence-corrected chi connectivity index (χ3v) is 12.7. The number of hydrogen-bond acceptors (Lipinski definition) is 9. The smallest absolute Gasteiger partial charge is 0.410 e. The Labute approximate surface area is 325 Å². The van der Waals surface area contributed by atoms with E-state index in [2.05, 4.69) is 21.2 Å². The van der Waals surface area contributed by atoms with Crippen LogP contribution in [-0.2, 0) is 14.2 Å². The molecular formula is C41H58Cl2N4O6. The van der Waals surface area contributed by atoms with Crippen molar-refractivity contribution >= 4 is 29.3 Å². The zero-order valence-electron chi connectivity index (χ0n) is 32.1. The van der Waals surface area contributed by atoms with Gasteiger partial charge >= 0.3 is 6.09 Å². The fourth-order valence-electron chi connectivity index (χ4n) is 9.28. The number of carbonyl (C=O) groups is 1. The lowest BCUT2D eigenvalue weighted by Gasteiger charge is -2.47. The number of piperidine rings is 2. The topological polar surface area (TPSA) is 85.0 Å². The van der Waals surface area contributed by atoms with Crippen LogP contribution in [-0.4, -0.2) is 129 Å². The summed E-state index contributed by atoms with van der Waals surface area (Å²) in [6.07, 6.45) is 6.44. The van der Waals surface area contributed by atoms with Crippen LogP contribution in [0.15, 0.2) is 36.4 Å². The molecule has 6 aliphatic rings. The van der Waals surface area contributed by atoms with E-state index in [4.69, 9.17) is 46.9 Å². The number of carbonyl (C=O) groups excluding carboxylic acids is 1. The van der Waals surface area contributed by atoms with Crippen molar-refractivity contribution in [2.45, 2.75) is 100 Å². The maximum Gasteiger partial charge on any atom is 0.410 e. The molecule has 0 saturated carbocycles. The quantitative estimate of drug-likeness (QED) is 0.335. The summed E-state index contributed by atoms with van der Waals surface area (Å²) in [7, 11) is 3.46. The molecule has 8 rings (SSSR count). The number of amides is 1. The molecule has 53 heavy (non-hydrogen) atoms. The minimum atomic E-state index is -0.463. The second-order valence-corrected chi connectivity index (χ2v) is 17.9. The van der Waals surface area contributed by atoms with E-state index in [1.165, 1.54) is 30.4 Å². The van der Waals surface area contributed by atoms with Crippen LogP contribution >= 0.6 is 23.2 Å². The van der Waals surface area contributed by atoms with Gasteiger partial charge in [-0.2, -0.15) is 0 Å². The van der Waals surface area contributed by atoms with Crippen molar-refractivity contribution in [1.29, 1.82) is 0 Å². The highest BCUT2D eigenvalue weighted by molar-refractivity contribution is 6.31. The van der Waals surface area contributed by atoms with E-state index < -0.39 is 5.60 Å². The first-order chi connectivity index (χ1) is 25.4. The molecule has 6 heterocycles. The highest BCUT2D eigenvalue weighted by atomic mass is 35.5. The molecule has 0 aromatic heterocycles. The monoisotopic (exact) mass is 772 g/mol. The summed E-state index contributed by atoms with van der Waals surface area (Å²) >= 11 is 12.4. The van der Waals surface area contributed by atoms with E-state index >= 15 is 0 Å². The standard InChI is InChI=1S/C23H33ClN2O4.C18H25ClN2O2/c1-22(2,3)30-21(27)26-14-23(15-26)12-18(13-29-23)25-9-7-16(8-10-25)19-11-17(24)5-6-20(19)28-4;1-22-17-3-2-14(19)8-16(17)13-4-6-21(7-5-13)15-9-18(23-10-15)11-20-12-18/h5-6,11,16,18H,7-10,12-15H2,1-4H3;2-3,8,13,15,20H,4-7,9-12H2,1H3/t18-;15-/m00/s1. The highest BCUT2D eigenvalue weighted by Crippen LogP contribution is 2.42. The third-order valence-electron chi connectivity index (χ3n) is 12.2. The van der Waals surface area contributed by atoms with Crippen LogP contribution in [0.1, 0.15) is 82.3 Å². The Morgan fingerprint density at radius 3 is 1.60 bits per heavy atom. The van der Waals surface area contributed by atoms with E-state index in [1.54, 1.807) is 19.1 Å². The van der Waals surface area contributed by atoms with Crippen LogP contribution in [0.2, 0.25) is 10.0 Å². The summed E-state index contributed by atoms with van der Waals surface area (Å²) in [6.45, 7) is 15.0. The van der Waals surface area contributed by atoms with Crippen LogP contribution in [0.4, 0.5) is 4.79 Å². The number of likely N-dealkylation sites (tertiary alicyclic amines) is 3. The second-order valence-electron chi connectivity index (χ2n) is 17.0. The first-order valence-electron chi connectivity index (χ1n) is 19.5. The van der Waals surface area contributed by atoms with Gasteiger partial charge in [0.05, 0.1) is 46.1 Å². The first-order valence-corrected chi connectivity index (χ1v) is 20.2. The Bertz CT molecular complexity index is 1580. The predicted molar refractivity (Wildman–Crippen MR) is 208 cm³/mol. The molecule has 2 aromatic carbocycles. The minimum Gasteiger partial charge on any atom is -0.496 e. The molecule has 2 atom stereocenters. The molecule has 292 valence electrons. The van der Waals surface area contributed by atoms with Gasteiger partial charge in [0.1, 0.15) is 22.7 Å². The predicted octanol–water partition coefficient (Wildman–Crippen LogP) is 6.97. The lowest BCUT2D eigenvalue weighted by Crippen LogP contribution is -2.64. The number of benzene rings is 2. The van der Waals surface area contributed by atoms with E-state index in [1.807, 2.05) is 51.1 Å². The number of halogens is 2. The SMILES string of the molecule is COc1ccc(Cl)cc1C1CCN([C@@H]2COC3(C2)CN(C(=O)OC(C)(C)C)C3)CC1.COc1ccc(Cl)cc1C1CCN([C@@H]2COC3(CNC3)C2)CC1. The molecule has 1 amide bonds. The third kappa shape index (κ3) is 8.90. The van der Waals surface area contributed by atoms with E-state index in [-0.39, 0.29) is 17.3 Å². The van der Waals surface area contributed by atoms with Crippen LogP contribution < -0.4 is 14.8 Å². The highest BCUT2D eigenvalue weighted by Gasteiger charge is 2.53. The molecule has 6 fully saturated rings. The summed E-state index contributed by atoms with van der Waals surface area (Å²) in [6, 6.07) is 12.9. The summed E-state index contributed by atoms with van der Waals surface area (Å²) in [5.41, 5.74) is 1.99. The van der Waals surface area contributed by atoms with Gasteiger partial charge in [0.2, 0.25) is 0 Å². The molecule has 10 nitrogen and oxygen atoms in total. The van der Waals surface area contributed by atoms with Gasteiger partial charge in [0.15, 0.2) is 0 Å². The van der Waals surface area contributed by atoms with Crippen LogP contribution in [0.25, 0.3) is 0 Å². The Balaban J connectivity index is 0.000000170. The van der Waals surface area contributed by atoms with E-state index in [9.17, 15) is 4.79 Å². The molecule has 12 heteroatoms. The lowest BCUT2D eigenvalue weighted by atomic mass is 9.86. The van der Waals surface area contributed by atoms with Gasteiger partial charge in [-0.1, -0.05) is 23.2 Å². The van der Waals surface area contributed by atoms with Crippen molar-refractivity contribution in [2.24, 2.45) is 0 Å². The Morgan fingerprint density at radius 1 is 0.755 bits per heavy atom. The molecule has 0 bridgehead atoms. The number of rotatable bonds is 6. The summed E-state index contributed by atoms with van der Waals surface area (Å²) in [5.74, 6) is 2.91. The number of nitrogens with zero attached hydrogens (tertiary/aromatic N) is 3. The molecule has 0 radical (unpaired) electrons. The molecule has 2 aromatic rings. The van der Waals surface area contributed by atoms with Crippen molar-refractivity contribution in [3.63, 3.8) is 0 Å². The summed E-state index contributed by atoms with van der Waals surface area (Å²) < 4.78 is 28.8. The first kappa shape index (κ1) is 38.9. The van der Waals surface area contributed by atoms with Crippen LogP contribution in [0.3, 0.4) is 0 Å². The summed E-state index contributed by atoms with van der Waals surface area (Å²) in [4.78, 5) is 19.2. The van der Waals surface area contributed by atoms with Crippen molar-refractivity contribution in [3.05, 3.63) is 57.6 Å². The van der Waals surface area contributed by atoms with Gasteiger partial charge in [0, 0.05) is 35.2 Å². The van der Waals surface area contributed by atoms with Gasteiger partial charge in [-0.25, -0.2) is 4.79 Å². The second kappa shape index (κ2) is 16.0. The Hall–Kier alpha value is -2.31. The van der Waals surface area contributed by atoms with Crippen LogP contribution in [0.5, 0.6) is 11.5 Å². The number of nitrogens with one attached hydrogen (secondary N) is 1. The van der Waals surface area contributed by atoms with Gasteiger partial charge in [0.25, 0.3) is 0 Å². The zero-order valence-corrected chi connectivity index (χ0v) is 33.6. The Morgan fingerprint density at radius 2 is 1.21 bits per heavy atom. The van der Waals surface area contributed by atoms with Crippen molar-refractivity contribution < 1.29 is 28.5 Å². The Kier molecular flexibility index (Phi) is 11.8.